The normalized spacial score (nSPS) is 17.4. The largest absolute Gasteiger partial charge is 0.326 e. The van der Waals surface area contributed by atoms with Gasteiger partial charge in [0.05, 0.1) is 13.1 Å². The third-order valence-electron chi connectivity index (χ3n) is 4.03. The van der Waals surface area contributed by atoms with Gasteiger partial charge in [-0.3, -0.25) is 9.80 Å². The number of anilines is 2. The van der Waals surface area contributed by atoms with Gasteiger partial charge in [0, 0.05) is 26.2 Å². The fourth-order valence-corrected chi connectivity index (χ4v) is 2.82. The van der Waals surface area contributed by atoms with Crippen LogP contribution in [0.5, 0.6) is 0 Å². The number of carbonyl (C=O) groups excluding carboxylic acids is 2. The van der Waals surface area contributed by atoms with Crippen molar-refractivity contribution in [3.8, 4) is 24.7 Å². The molecule has 0 atom stereocenters. The number of urea groups is 2. The Morgan fingerprint density at radius 2 is 1.33 bits per heavy atom. The lowest BCUT2D eigenvalue weighted by Crippen LogP contribution is -2.34. The lowest BCUT2D eigenvalue weighted by molar-refractivity contribution is 0.225. The maximum absolute atomic E-state index is 12.3. The van der Waals surface area contributed by atoms with E-state index in [1.165, 1.54) is 0 Å². The second kappa shape index (κ2) is 6.51. The van der Waals surface area contributed by atoms with Crippen molar-refractivity contribution in [2.45, 2.75) is 0 Å². The van der Waals surface area contributed by atoms with E-state index < -0.39 is 0 Å². The molecule has 3 heterocycles. The van der Waals surface area contributed by atoms with E-state index in [0.29, 0.717) is 37.8 Å². The van der Waals surface area contributed by atoms with E-state index in [4.69, 9.17) is 12.8 Å². The summed E-state index contributed by atoms with van der Waals surface area (Å²) in [6.07, 6.45) is 10.5. The predicted octanol–water partition coefficient (Wildman–Crippen LogP) is 0.832. The fraction of sp³-hybridized carbons (Fsp3) is 0.353. The summed E-state index contributed by atoms with van der Waals surface area (Å²) in [7, 11) is 0. The Morgan fingerprint density at radius 3 is 1.75 bits per heavy atom. The summed E-state index contributed by atoms with van der Waals surface area (Å²) in [6.45, 7) is 2.73. The number of carbonyl (C=O) groups is 2. The third-order valence-corrected chi connectivity index (χ3v) is 4.03. The Labute approximate surface area is 140 Å². The van der Waals surface area contributed by atoms with Gasteiger partial charge in [0.1, 0.15) is 11.6 Å². The molecule has 3 rings (SSSR count). The number of amides is 4. The molecule has 24 heavy (non-hydrogen) atoms. The van der Waals surface area contributed by atoms with Crippen molar-refractivity contribution in [2.24, 2.45) is 0 Å². The number of hydrogen-bond donors (Lipinski definition) is 0. The van der Waals surface area contributed by atoms with Crippen molar-refractivity contribution in [1.82, 2.24) is 14.8 Å². The SMILES string of the molecule is C#CCN1CCN(c2cccc(N3CCN(CC#C)C3=O)n2)C1=O. The maximum Gasteiger partial charge on any atom is 0.326 e. The van der Waals surface area contributed by atoms with E-state index in [0.717, 1.165) is 0 Å². The van der Waals surface area contributed by atoms with E-state index in [1.54, 1.807) is 37.8 Å². The van der Waals surface area contributed by atoms with Gasteiger partial charge in [-0.05, 0) is 12.1 Å². The molecular formula is C17H17N5O2. The van der Waals surface area contributed by atoms with Crippen molar-refractivity contribution in [3.05, 3.63) is 18.2 Å². The van der Waals surface area contributed by atoms with Gasteiger partial charge in [0.2, 0.25) is 0 Å². The molecule has 7 heteroatoms. The smallest absolute Gasteiger partial charge is 0.311 e. The second-order valence-electron chi connectivity index (χ2n) is 5.47. The van der Waals surface area contributed by atoms with E-state index in [2.05, 4.69) is 16.8 Å². The monoisotopic (exact) mass is 323 g/mol. The summed E-state index contributed by atoms with van der Waals surface area (Å²) in [5, 5.41) is 0. The molecule has 0 saturated carbocycles. The molecule has 0 spiro atoms. The topological polar surface area (TPSA) is 60.0 Å². The molecule has 122 valence electrons. The Hall–Kier alpha value is -3.19. The van der Waals surface area contributed by atoms with Crippen LogP contribution in [-0.4, -0.2) is 66.1 Å². The van der Waals surface area contributed by atoms with Crippen LogP contribution in [0.3, 0.4) is 0 Å². The van der Waals surface area contributed by atoms with Crippen LogP contribution < -0.4 is 9.80 Å². The fourth-order valence-electron chi connectivity index (χ4n) is 2.82. The first kappa shape index (κ1) is 15.7. The van der Waals surface area contributed by atoms with Gasteiger partial charge >= 0.3 is 12.1 Å². The highest BCUT2D eigenvalue weighted by molar-refractivity contribution is 5.95. The summed E-state index contributed by atoms with van der Waals surface area (Å²) in [6, 6.07) is 4.95. The zero-order chi connectivity index (χ0) is 17.1. The molecule has 2 aliphatic rings. The highest BCUT2D eigenvalue weighted by Crippen LogP contribution is 2.23. The lowest BCUT2D eigenvalue weighted by atomic mass is 10.4. The Bertz CT molecular complexity index is 689. The van der Waals surface area contributed by atoms with Crippen molar-refractivity contribution in [2.75, 3.05) is 49.1 Å². The van der Waals surface area contributed by atoms with E-state index in [-0.39, 0.29) is 25.2 Å². The molecular weight excluding hydrogens is 306 g/mol. The van der Waals surface area contributed by atoms with Crippen molar-refractivity contribution in [1.29, 1.82) is 0 Å². The Morgan fingerprint density at radius 1 is 0.875 bits per heavy atom. The summed E-state index contributed by atoms with van der Waals surface area (Å²) < 4.78 is 0. The molecule has 0 aromatic carbocycles. The highest BCUT2D eigenvalue weighted by atomic mass is 16.2. The third kappa shape index (κ3) is 2.72. The molecule has 0 aliphatic carbocycles. The highest BCUT2D eigenvalue weighted by Gasteiger charge is 2.32. The minimum Gasteiger partial charge on any atom is -0.311 e. The maximum atomic E-state index is 12.3. The number of hydrogen-bond acceptors (Lipinski definition) is 3. The number of nitrogens with zero attached hydrogens (tertiary/aromatic N) is 5. The Balaban J connectivity index is 1.79. The molecule has 0 N–H and O–H groups in total. The van der Waals surface area contributed by atoms with Crippen LogP contribution in [-0.2, 0) is 0 Å². The summed E-state index contributed by atoms with van der Waals surface area (Å²) in [5.74, 6) is 5.98. The van der Waals surface area contributed by atoms with Gasteiger partial charge in [0.15, 0.2) is 0 Å². The zero-order valence-electron chi connectivity index (χ0n) is 13.2. The number of terminal acetylenes is 2. The van der Waals surface area contributed by atoms with Crippen molar-refractivity contribution in [3.63, 3.8) is 0 Å². The molecule has 2 saturated heterocycles. The van der Waals surface area contributed by atoms with Gasteiger partial charge in [0.25, 0.3) is 0 Å². The molecule has 2 fully saturated rings. The first-order valence-corrected chi connectivity index (χ1v) is 7.62. The van der Waals surface area contributed by atoms with E-state index in [9.17, 15) is 9.59 Å². The zero-order valence-corrected chi connectivity index (χ0v) is 13.2. The van der Waals surface area contributed by atoms with Gasteiger partial charge in [-0.1, -0.05) is 17.9 Å². The summed E-state index contributed by atoms with van der Waals surface area (Å²) >= 11 is 0. The van der Waals surface area contributed by atoms with Crippen molar-refractivity contribution >= 4 is 23.7 Å². The predicted molar refractivity (Wildman–Crippen MR) is 90.5 cm³/mol. The van der Waals surface area contributed by atoms with E-state index >= 15 is 0 Å². The minimum atomic E-state index is -0.167. The molecule has 4 amide bonds. The van der Waals surface area contributed by atoms with Gasteiger partial charge in [-0.15, -0.1) is 12.8 Å². The summed E-state index contributed by atoms with van der Waals surface area (Å²) in [4.78, 5) is 35.5. The molecule has 7 nitrogen and oxygen atoms in total. The van der Waals surface area contributed by atoms with Crippen LogP contribution in [0.15, 0.2) is 18.2 Å². The standard InChI is InChI=1S/C17H17N5O2/c1-3-8-19-10-12-21(16(19)23)14-6-5-7-15(18-14)22-13-11-20(9-4-2)17(22)24/h1-2,5-7H,8-13H2. The molecule has 2 aliphatic heterocycles. The second-order valence-corrected chi connectivity index (χ2v) is 5.47. The quantitative estimate of drug-likeness (QED) is 0.771. The van der Waals surface area contributed by atoms with Gasteiger partial charge in [-0.25, -0.2) is 14.6 Å². The number of aromatic nitrogens is 1. The minimum absolute atomic E-state index is 0.167. The molecule has 0 bridgehead atoms. The number of rotatable bonds is 4. The van der Waals surface area contributed by atoms with Gasteiger partial charge < -0.3 is 9.80 Å². The van der Waals surface area contributed by atoms with Crippen LogP contribution in [0.1, 0.15) is 0 Å². The first-order chi connectivity index (χ1) is 11.7. The Kier molecular flexibility index (Phi) is 4.26. The molecule has 0 radical (unpaired) electrons. The molecule has 1 aromatic rings. The first-order valence-electron chi connectivity index (χ1n) is 7.62. The number of pyridine rings is 1. The van der Waals surface area contributed by atoms with E-state index in [1.807, 2.05) is 0 Å². The average Bonchev–Trinajstić information content (AvgIpc) is 3.13. The van der Waals surface area contributed by atoms with Crippen LogP contribution in [0, 0.1) is 24.7 Å². The molecule has 1 aromatic heterocycles. The summed E-state index contributed by atoms with van der Waals surface area (Å²) in [5.41, 5.74) is 0. The van der Waals surface area contributed by atoms with Crippen LogP contribution in [0.4, 0.5) is 21.2 Å². The lowest BCUT2D eigenvalue weighted by Gasteiger charge is -2.20. The van der Waals surface area contributed by atoms with Crippen LogP contribution in [0.2, 0.25) is 0 Å². The van der Waals surface area contributed by atoms with Gasteiger partial charge in [-0.2, -0.15) is 0 Å². The average molecular weight is 323 g/mol. The van der Waals surface area contributed by atoms with Crippen molar-refractivity contribution < 1.29 is 9.59 Å². The van der Waals surface area contributed by atoms with Crippen LogP contribution in [0.25, 0.3) is 0 Å². The van der Waals surface area contributed by atoms with Crippen LogP contribution >= 0.6 is 0 Å². The molecule has 0 unspecified atom stereocenters.